The van der Waals surface area contributed by atoms with Crippen molar-refractivity contribution in [2.75, 3.05) is 6.54 Å². The van der Waals surface area contributed by atoms with Crippen molar-refractivity contribution in [1.29, 1.82) is 0 Å². The molecule has 0 heterocycles. The van der Waals surface area contributed by atoms with Crippen LogP contribution in [0.25, 0.3) is 0 Å². The normalized spacial score (nSPS) is 11.8. The van der Waals surface area contributed by atoms with Gasteiger partial charge >= 0.3 is 18.0 Å². The Morgan fingerprint density at radius 3 is 1.91 bits per heavy atom. The topological polar surface area (TPSA) is 90.9 Å². The highest BCUT2D eigenvalue weighted by molar-refractivity contribution is 5.78. The lowest BCUT2D eigenvalue weighted by Crippen LogP contribution is -2.30. The Kier molecular flexibility index (Phi) is 11.6. The molecule has 0 unspecified atom stereocenters. The molecule has 1 aliphatic carbocycles. The van der Waals surface area contributed by atoms with E-state index in [9.17, 15) is 14.4 Å². The molecule has 0 saturated heterocycles. The second kappa shape index (κ2) is 15.0. The third kappa shape index (κ3) is 11.4. The molecule has 1 amide bonds. The quantitative estimate of drug-likeness (QED) is 0.457. The van der Waals surface area contributed by atoms with Crippen molar-refractivity contribution in [1.82, 2.24) is 5.32 Å². The number of amides is 1. The molecule has 0 fully saturated rings. The van der Waals surface area contributed by atoms with Crippen molar-refractivity contribution in [2.45, 2.75) is 39.4 Å². The summed E-state index contributed by atoms with van der Waals surface area (Å²) in [6.07, 6.45) is 7.05. The maximum absolute atomic E-state index is 11.5. The molecule has 174 valence electrons. The van der Waals surface area contributed by atoms with Gasteiger partial charge < -0.3 is 19.5 Å². The summed E-state index contributed by atoms with van der Waals surface area (Å²) in [5.41, 5.74) is 1.92. The van der Waals surface area contributed by atoms with Crippen molar-refractivity contribution < 1.29 is 28.6 Å². The van der Waals surface area contributed by atoms with E-state index in [1.54, 1.807) is 13.0 Å². The number of carbonyl (C=O) groups excluding carboxylic acids is 3. The fourth-order valence-electron chi connectivity index (χ4n) is 2.58. The minimum absolute atomic E-state index is 0.154. The van der Waals surface area contributed by atoms with Gasteiger partial charge in [-0.1, -0.05) is 73.7 Å². The Bertz CT molecular complexity index is 938. The molecule has 33 heavy (non-hydrogen) atoms. The van der Waals surface area contributed by atoms with E-state index >= 15 is 0 Å². The summed E-state index contributed by atoms with van der Waals surface area (Å²) >= 11 is 0. The van der Waals surface area contributed by atoms with E-state index in [-0.39, 0.29) is 19.1 Å². The van der Waals surface area contributed by atoms with Crippen LogP contribution in [0.15, 0.2) is 84.7 Å². The Balaban J connectivity index is 0.000000273. The van der Waals surface area contributed by atoms with Crippen LogP contribution < -0.4 is 5.32 Å². The first-order chi connectivity index (χ1) is 16.1. The number of benzene rings is 2. The molecular weight excluding hydrogens is 422 g/mol. The molecular formula is C26H29NO6. The second-order valence-electron chi connectivity index (χ2n) is 6.98. The lowest BCUT2D eigenvalue weighted by Gasteiger charge is -2.09. The van der Waals surface area contributed by atoms with Crippen LogP contribution in [0.4, 0.5) is 4.79 Å². The van der Waals surface area contributed by atoms with Crippen molar-refractivity contribution in [3.8, 4) is 0 Å². The van der Waals surface area contributed by atoms with Gasteiger partial charge in [-0.05, 0) is 36.1 Å². The second-order valence-corrected chi connectivity index (χ2v) is 6.98. The van der Waals surface area contributed by atoms with E-state index in [0.29, 0.717) is 18.8 Å². The Morgan fingerprint density at radius 2 is 1.39 bits per heavy atom. The fraction of sp³-hybridized carbons (Fsp3) is 0.269. The molecule has 0 aromatic heterocycles. The van der Waals surface area contributed by atoms with Gasteiger partial charge in [-0.3, -0.25) is 9.59 Å². The lowest BCUT2D eigenvalue weighted by atomic mass is 10.2. The monoisotopic (exact) mass is 451 g/mol. The van der Waals surface area contributed by atoms with Crippen LogP contribution in [0.3, 0.4) is 0 Å². The van der Waals surface area contributed by atoms with Crippen molar-refractivity contribution in [3.63, 3.8) is 0 Å². The molecule has 0 spiro atoms. The van der Waals surface area contributed by atoms with E-state index in [1.807, 2.05) is 72.8 Å². The van der Waals surface area contributed by atoms with E-state index in [1.165, 1.54) is 0 Å². The number of rotatable bonds is 8. The van der Waals surface area contributed by atoms with Crippen LogP contribution in [0, 0.1) is 0 Å². The van der Waals surface area contributed by atoms with Crippen molar-refractivity contribution in [2.24, 2.45) is 0 Å². The molecule has 0 radical (unpaired) electrons. The standard InChI is InChI=1S/C16H17NO4.C10H12O2/c18-15(20-12-13-7-3-1-4-8-13)11-17-16(19)21-14-9-5-2-6-10-14;1-2-10(11)12-8-9-6-4-3-5-7-9/h1,3-5,7-10H,2,6,11-12H2,(H,17,19);3-7H,2,8H2,1H3. The van der Waals surface area contributed by atoms with Crippen molar-refractivity contribution in [3.05, 3.63) is 95.8 Å². The largest absolute Gasteiger partial charge is 0.461 e. The van der Waals surface area contributed by atoms with Gasteiger partial charge in [-0.25, -0.2) is 4.79 Å². The highest BCUT2D eigenvalue weighted by atomic mass is 16.6. The molecule has 0 bridgehead atoms. The molecule has 1 aliphatic rings. The number of carbonyl (C=O) groups is 3. The predicted octanol–water partition coefficient (Wildman–Crippen LogP) is 4.83. The molecule has 7 nitrogen and oxygen atoms in total. The summed E-state index contributed by atoms with van der Waals surface area (Å²) < 4.78 is 15.0. The van der Waals surface area contributed by atoms with Crippen LogP contribution in [0.5, 0.6) is 0 Å². The van der Waals surface area contributed by atoms with Gasteiger partial charge in [-0.15, -0.1) is 0 Å². The summed E-state index contributed by atoms with van der Waals surface area (Å²) in [6, 6.07) is 19.0. The zero-order valence-electron chi connectivity index (χ0n) is 18.7. The zero-order chi connectivity index (χ0) is 23.7. The first-order valence-electron chi connectivity index (χ1n) is 10.8. The Morgan fingerprint density at radius 1 is 0.818 bits per heavy atom. The number of esters is 2. The summed E-state index contributed by atoms with van der Waals surface area (Å²) in [6.45, 7) is 2.13. The van der Waals surface area contributed by atoms with Crippen LogP contribution in [-0.2, 0) is 37.0 Å². The lowest BCUT2D eigenvalue weighted by molar-refractivity contribution is -0.145. The number of hydrogen-bond donors (Lipinski definition) is 1. The van der Waals surface area contributed by atoms with Gasteiger partial charge in [0.2, 0.25) is 0 Å². The Labute approximate surface area is 194 Å². The number of hydrogen-bond acceptors (Lipinski definition) is 6. The molecule has 0 saturated carbocycles. The van der Waals surface area contributed by atoms with Gasteiger partial charge in [0, 0.05) is 6.42 Å². The first-order valence-corrected chi connectivity index (χ1v) is 10.8. The molecule has 2 aromatic rings. The summed E-state index contributed by atoms with van der Waals surface area (Å²) in [5.74, 6) is -0.167. The van der Waals surface area contributed by atoms with E-state index < -0.39 is 12.1 Å². The predicted molar refractivity (Wildman–Crippen MR) is 124 cm³/mol. The van der Waals surface area contributed by atoms with Crippen LogP contribution >= 0.6 is 0 Å². The number of alkyl carbamates (subject to hydrolysis) is 1. The third-order valence-electron chi connectivity index (χ3n) is 4.32. The van der Waals surface area contributed by atoms with Gasteiger partial charge in [0.1, 0.15) is 25.5 Å². The maximum Gasteiger partial charge on any atom is 0.413 e. The molecule has 3 rings (SSSR count). The van der Waals surface area contributed by atoms with Crippen molar-refractivity contribution >= 4 is 18.0 Å². The molecule has 7 heteroatoms. The number of allylic oxidation sites excluding steroid dienone is 3. The number of nitrogens with one attached hydrogen (secondary N) is 1. The molecule has 2 aromatic carbocycles. The molecule has 0 atom stereocenters. The highest BCUT2D eigenvalue weighted by Crippen LogP contribution is 2.10. The van der Waals surface area contributed by atoms with Gasteiger partial charge in [-0.2, -0.15) is 0 Å². The third-order valence-corrected chi connectivity index (χ3v) is 4.32. The average molecular weight is 452 g/mol. The maximum atomic E-state index is 11.5. The SMILES string of the molecule is CCC(=O)OCc1ccccc1.O=C(CNC(=O)OC1=CCCC=C1)OCc1ccccc1. The average Bonchev–Trinajstić information content (AvgIpc) is 2.87. The van der Waals surface area contributed by atoms with Crippen LogP contribution in [-0.4, -0.2) is 24.6 Å². The minimum atomic E-state index is -0.663. The summed E-state index contributed by atoms with van der Waals surface area (Å²) in [5, 5.41) is 2.36. The van der Waals surface area contributed by atoms with Crippen LogP contribution in [0.2, 0.25) is 0 Å². The van der Waals surface area contributed by atoms with E-state index in [0.717, 1.165) is 24.0 Å². The molecule has 1 N–H and O–H groups in total. The molecule has 0 aliphatic heterocycles. The smallest absolute Gasteiger partial charge is 0.413 e. The summed E-state index contributed by atoms with van der Waals surface area (Å²) in [7, 11) is 0. The highest BCUT2D eigenvalue weighted by Gasteiger charge is 2.09. The zero-order valence-corrected chi connectivity index (χ0v) is 18.7. The van der Waals surface area contributed by atoms with Gasteiger partial charge in [0.15, 0.2) is 0 Å². The number of ether oxygens (including phenoxy) is 3. The minimum Gasteiger partial charge on any atom is -0.461 e. The Hall–Kier alpha value is -3.87. The van der Waals surface area contributed by atoms with E-state index in [4.69, 9.17) is 14.2 Å². The summed E-state index contributed by atoms with van der Waals surface area (Å²) in [4.78, 5) is 33.7. The van der Waals surface area contributed by atoms with Gasteiger partial charge in [0.05, 0.1) is 0 Å². The first kappa shape index (κ1) is 25.4. The fourth-order valence-corrected chi connectivity index (χ4v) is 2.58. The van der Waals surface area contributed by atoms with E-state index in [2.05, 4.69) is 5.32 Å². The van der Waals surface area contributed by atoms with Crippen LogP contribution in [0.1, 0.15) is 37.3 Å². The van der Waals surface area contributed by atoms with Gasteiger partial charge in [0.25, 0.3) is 0 Å².